The highest BCUT2D eigenvalue weighted by Crippen LogP contribution is 2.26. The van der Waals surface area contributed by atoms with Gasteiger partial charge in [0.2, 0.25) is 0 Å². The smallest absolute Gasteiger partial charge is 0.270 e. The summed E-state index contributed by atoms with van der Waals surface area (Å²) < 4.78 is 0. The van der Waals surface area contributed by atoms with Crippen LogP contribution in [0.5, 0.6) is 0 Å². The molecule has 0 radical (unpaired) electrons. The van der Waals surface area contributed by atoms with E-state index in [1.807, 2.05) is 29.2 Å². The number of piperidine rings is 1. The summed E-state index contributed by atoms with van der Waals surface area (Å²) >= 11 is 0. The zero-order valence-corrected chi connectivity index (χ0v) is 13.5. The van der Waals surface area contributed by atoms with Crippen LogP contribution in [-0.2, 0) is 0 Å². The minimum absolute atomic E-state index is 0.101. The number of nitrogens with one attached hydrogen (secondary N) is 1. The number of H-pyrrole nitrogens is 1. The molecule has 1 amide bonds. The first-order valence-corrected chi connectivity index (χ1v) is 8.27. The zero-order valence-electron chi connectivity index (χ0n) is 13.5. The number of aromatic nitrogens is 2. The summed E-state index contributed by atoms with van der Waals surface area (Å²) in [6.07, 6.45) is 2.99. The molecule has 0 bridgehead atoms. The number of rotatable bonds is 1. The van der Waals surface area contributed by atoms with Gasteiger partial charge < -0.3 is 9.88 Å². The molecule has 1 fully saturated rings. The lowest BCUT2D eigenvalue weighted by molar-refractivity contribution is 0.0618. The van der Waals surface area contributed by atoms with Gasteiger partial charge in [-0.2, -0.15) is 0 Å². The van der Waals surface area contributed by atoms with E-state index in [-0.39, 0.29) is 5.91 Å². The van der Waals surface area contributed by atoms with Crippen LogP contribution in [0.2, 0.25) is 0 Å². The second-order valence-corrected chi connectivity index (χ2v) is 6.94. The van der Waals surface area contributed by atoms with Crippen molar-refractivity contribution in [3.05, 3.63) is 42.2 Å². The molecule has 2 aromatic heterocycles. The molecule has 3 heterocycles. The van der Waals surface area contributed by atoms with Crippen LogP contribution in [0.25, 0.3) is 21.8 Å². The van der Waals surface area contributed by atoms with Crippen molar-refractivity contribution >= 4 is 27.7 Å². The number of carbonyl (C=O) groups is 1. The van der Waals surface area contributed by atoms with Crippen molar-refractivity contribution in [2.45, 2.75) is 20.3 Å². The summed E-state index contributed by atoms with van der Waals surface area (Å²) in [6.45, 7) is 6.13. The lowest BCUT2D eigenvalue weighted by Gasteiger charge is -2.34. The van der Waals surface area contributed by atoms with Crippen molar-refractivity contribution in [3.8, 4) is 0 Å². The summed E-state index contributed by atoms with van der Waals surface area (Å²) in [4.78, 5) is 22.6. The average molecular weight is 307 g/mol. The fourth-order valence-electron chi connectivity index (χ4n) is 3.85. The van der Waals surface area contributed by atoms with Crippen molar-refractivity contribution < 1.29 is 4.79 Å². The van der Waals surface area contributed by atoms with Crippen molar-refractivity contribution in [1.82, 2.24) is 14.9 Å². The van der Waals surface area contributed by atoms with Gasteiger partial charge in [-0.3, -0.25) is 9.78 Å². The number of nitrogens with zero attached hydrogens (tertiary/aromatic N) is 2. The minimum atomic E-state index is 0.101. The number of likely N-dealkylation sites (tertiary alicyclic amines) is 1. The van der Waals surface area contributed by atoms with Crippen molar-refractivity contribution in [1.29, 1.82) is 0 Å². The van der Waals surface area contributed by atoms with E-state index in [4.69, 9.17) is 0 Å². The third kappa shape index (κ3) is 2.48. The number of aromatic amines is 1. The number of pyridine rings is 1. The standard InChI is InChI=1S/C19H21N3O/c1-12-8-13(2)11-22(10-12)19(23)16-9-15-6-5-14-4-3-7-20-17(14)18(15)21-16/h3-7,9,12-13,21H,8,10-11H2,1-2H3/t12-,13+. The number of hydrogen-bond acceptors (Lipinski definition) is 2. The Bertz CT molecular complexity index is 873. The molecule has 0 spiro atoms. The Morgan fingerprint density at radius 2 is 1.91 bits per heavy atom. The van der Waals surface area contributed by atoms with Gasteiger partial charge in [0.15, 0.2) is 0 Å². The maximum absolute atomic E-state index is 12.9. The predicted octanol–water partition coefficient (Wildman–Crippen LogP) is 3.83. The van der Waals surface area contributed by atoms with E-state index in [0.29, 0.717) is 17.5 Å². The number of hydrogen-bond donors (Lipinski definition) is 1. The molecule has 118 valence electrons. The summed E-state index contributed by atoms with van der Waals surface area (Å²) in [5.41, 5.74) is 2.54. The number of fused-ring (bicyclic) bond motifs is 3. The van der Waals surface area contributed by atoms with Crippen LogP contribution < -0.4 is 0 Å². The first kappa shape index (κ1) is 14.2. The normalized spacial score (nSPS) is 21.9. The van der Waals surface area contributed by atoms with E-state index in [9.17, 15) is 4.79 Å². The molecule has 1 aliphatic heterocycles. The second kappa shape index (κ2) is 5.37. The van der Waals surface area contributed by atoms with Crippen LogP contribution in [0.3, 0.4) is 0 Å². The molecule has 1 N–H and O–H groups in total. The van der Waals surface area contributed by atoms with Crippen molar-refractivity contribution in [2.75, 3.05) is 13.1 Å². The predicted molar refractivity (Wildman–Crippen MR) is 92.4 cm³/mol. The van der Waals surface area contributed by atoms with Crippen LogP contribution in [0, 0.1) is 11.8 Å². The molecule has 1 aliphatic rings. The van der Waals surface area contributed by atoms with Gasteiger partial charge in [0, 0.05) is 30.1 Å². The summed E-state index contributed by atoms with van der Waals surface area (Å²) in [7, 11) is 0. The summed E-state index contributed by atoms with van der Waals surface area (Å²) in [5.74, 6) is 1.23. The van der Waals surface area contributed by atoms with E-state index >= 15 is 0 Å². The van der Waals surface area contributed by atoms with E-state index in [1.54, 1.807) is 6.20 Å². The van der Waals surface area contributed by atoms with E-state index in [2.05, 4.69) is 29.9 Å². The first-order valence-electron chi connectivity index (χ1n) is 8.27. The Balaban J connectivity index is 1.74. The quantitative estimate of drug-likeness (QED) is 0.742. The molecule has 0 saturated carbocycles. The Morgan fingerprint density at radius 1 is 1.17 bits per heavy atom. The highest BCUT2D eigenvalue weighted by atomic mass is 16.2. The second-order valence-electron chi connectivity index (χ2n) is 6.94. The maximum atomic E-state index is 12.9. The summed E-state index contributed by atoms with van der Waals surface area (Å²) in [5, 5.41) is 2.12. The molecule has 0 unspecified atom stereocenters. The highest BCUT2D eigenvalue weighted by molar-refractivity contribution is 6.07. The van der Waals surface area contributed by atoms with Gasteiger partial charge in [0.25, 0.3) is 5.91 Å². The van der Waals surface area contributed by atoms with Gasteiger partial charge in [-0.25, -0.2) is 0 Å². The highest BCUT2D eigenvalue weighted by Gasteiger charge is 2.27. The fraction of sp³-hybridized carbons (Fsp3) is 0.368. The average Bonchev–Trinajstić information content (AvgIpc) is 2.98. The molecule has 2 atom stereocenters. The monoisotopic (exact) mass is 307 g/mol. The molecule has 0 aliphatic carbocycles. The van der Waals surface area contributed by atoms with Gasteiger partial charge in [0.1, 0.15) is 5.69 Å². The van der Waals surface area contributed by atoms with Crippen LogP contribution in [0.15, 0.2) is 36.5 Å². The largest absolute Gasteiger partial charge is 0.349 e. The van der Waals surface area contributed by atoms with Gasteiger partial charge in [-0.1, -0.05) is 32.0 Å². The van der Waals surface area contributed by atoms with Gasteiger partial charge in [0.05, 0.1) is 11.0 Å². The molecule has 3 aromatic rings. The number of benzene rings is 1. The fourth-order valence-corrected chi connectivity index (χ4v) is 3.85. The van der Waals surface area contributed by atoms with Crippen molar-refractivity contribution in [2.24, 2.45) is 11.8 Å². The lowest BCUT2D eigenvalue weighted by Crippen LogP contribution is -2.42. The zero-order chi connectivity index (χ0) is 16.0. The Hall–Kier alpha value is -2.36. The van der Waals surface area contributed by atoms with Crippen LogP contribution >= 0.6 is 0 Å². The number of carbonyl (C=O) groups excluding carboxylic acids is 1. The SMILES string of the molecule is C[C@@H]1C[C@H](C)CN(C(=O)c2cc3ccc4cccnc4c3[nH]2)C1. The molecule has 4 heteroatoms. The third-order valence-corrected chi connectivity index (χ3v) is 4.75. The summed E-state index contributed by atoms with van der Waals surface area (Å²) in [6, 6.07) is 10.0. The van der Waals surface area contributed by atoms with Gasteiger partial charge in [-0.05, 0) is 30.4 Å². The minimum Gasteiger partial charge on any atom is -0.349 e. The lowest BCUT2D eigenvalue weighted by atomic mass is 9.92. The van der Waals surface area contributed by atoms with Crippen LogP contribution in [-0.4, -0.2) is 33.9 Å². The van der Waals surface area contributed by atoms with E-state index in [0.717, 1.165) is 34.9 Å². The molecule has 4 nitrogen and oxygen atoms in total. The molecule has 23 heavy (non-hydrogen) atoms. The van der Waals surface area contributed by atoms with Gasteiger partial charge in [-0.15, -0.1) is 0 Å². The van der Waals surface area contributed by atoms with Gasteiger partial charge >= 0.3 is 0 Å². The van der Waals surface area contributed by atoms with E-state index in [1.165, 1.54) is 6.42 Å². The van der Waals surface area contributed by atoms with Crippen molar-refractivity contribution in [3.63, 3.8) is 0 Å². The molecule has 1 saturated heterocycles. The molecular weight excluding hydrogens is 286 g/mol. The van der Waals surface area contributed by atoms with Crippen LogP contribution in [0.4, 0.5) is 0 Å². The Labute approximate surface area is 135 Å². The third-order valence-electron chi connectivity index (χ3n) is 4.75. The first-order chi connectivity index (χ1) is 11.1. The Morgan fingerprint density at radius 3 is 2.70 bits per heavy atom. The number of amides is 1. The topological polar surface area (TPSA) is 49.0 Å². The maximum Gasteiger partial charge on any atom is 0.270 e. The molecular formula is C19H21N3O. The molecule has 4 rings (SSSR count). The van der Waals surface area contributed by atoms with E-state index < -0.39 is 0 Å². The van der Waals surface area contributed by atoms with Crippen LogP contribution in [0.1, 0.15) is 30.8 Å². The Kier molecular flexibility index (Phi) is 3.33. The molecule has 1 aromatic carbocycles.